The molecule has 1 aromatic heterocycles. The number of carboxylic acids is 1. The summed E-state index contributed by atoms with van der Waals surface area (Å²) < 4.78 is 15.5. The van der Waals surface area contributed by atoms with Crippen molar-refractivity contribution < 1.29 is 14.3 Å². The van der Waals surface area contributed by atoms with Gasteiger partial charge in [-0.15, -0.1) is 0 Å². The lowest BCUT2D eigenvalue weighted by atomic mass is 10.2. The van der Waals surface area contributed by atoms with Crippen LogP contribution in [0.25, 0.3) is 10.9 Å². The summed E-state index contributed by atoms with van der Waals surface area (Å²) in [5.74, 6) is -1.09. The Balaban J connectivity index is 2.49. The number of carbonyl (C=O) groups is 1. The van der Waals surface area contributed by atoms with Crippen molar-refractivity contribution in [1.29, 1.82) is 0 Å². The van der Waals surface area contributed by atoms with E-state index in [9.17, 15) is 9.18 Å². The molecule has 0 radical (unpaired) electrons. The Labute approximate surface area is 98.5 Å². The van der Waals surface area contributed by atoms with Crippen LogP contribution < -0.4 is 0 Å². The summed E-state index contributed by atoms with van der Waals surface area (Å²) in [6.45, 7) is 2.57. The first-order valence-corrected chi connectivity index (χ1v) is 5.62. The number of halogens is 1. The van der Waals surface area contributed by atoms with Crippen molar-refractivity contribution in [2.75, 3.05) is 0 Å². The van der Waals surface area contributed by atoms with Crippen LogP contribution in [0.15, 0.2) is 24.3 Å². The molecule has 1 N–H and O–H groups in total. The maximum absolute atomic E-state index is 13.7. The number of hydrogen-bond donors (Lipinski definition) is 1. The van der Waals surface area contributed by atoms with E-state index in [4.69, 9.17) is 5.11 Å². The van der Waals surface area contributed by atoms with Gasteiger partial charge in [0.2, 0.25) is 0 Å². The van der Waals surface area contributed by atoms with Crippen LogP contribution in [0.5, 0.6) is 0 Å². The van der Waals surface area contributed by atoms with Crippen LogP contribution in [-0.4, -0.2) is 15.6 Å². The SMILES string of the molecule is CCn1c(CCC(=O)O)cc2cccc(F)c21. The third kappa shape index (κ3) is 2.16. The molecule has 2 aromatic rings. The smallest absolute Gasteiger partial charge is 0.303 e. The summed E-state index contributed by atoms with van der Waals surface area (Å²) >= 11 is 0. The highest BCUT2D eigenvalue weighted by Crippen LogP contribution is 2.23. The van der Waals surface area contributed by atoms with Crippen molar-refractivity contribution in [1.82, 2.24) is 4.57 Å². The second-order valence-electron chi connectivity index (χ2n) is 3.95. The zero-order valence-corrected chi connectivity index (χ0v) is 9.61. The Bertz CT molecular complexity index is 560. The van der Waals surface area contributed by atoms with E-state index in [2.05, 4.69) is 0 Å². The number of para-hydroxylation sites is 1. The van der Waals surface area contributed by atoms with E-state index in [1.807, 2.05) is 23.6 Å². The fraction of sp³-hybridized carbons (Fsp3) is 0.308. The van der Waals surface area contributed by atoms with Crippen LogP contribution in [0.1, 0.15) is 19.0 Å². The maximum atomic E-state index is 13.7. The predicted molar refractivity (Wildman–Crippen MR) is 63.5 cm³/mol. The topological polar surface area (TPSA) is 42.2 Å². The van der Waals surface area contributed by atoms with E-state index in [1.54, 1.807) is 6.07 Å². The summed E-state index contributed by atoms with van der Waals surface area (Å²) in [5, 5.41) is 9.51. The van der Waals surface area contributed by atoms with Crippen LogP contribution in [-0.2, 0) is 17.8 Å². The van der Waals surface area contributed by atoms with Crippen molar-refractivity contribution in [3.63, 3.8) is 0 Å². The zero-order chi connectivity index (χ0) is 12.4. The number of nitrogens with zero attached hydrogens (tertiary/aromatic N) is 1. The lowest BCUT2D eigenvalue weighted by Gasteiger charge is -2.07. The van der Waals surface area contributed by atoms with Crippen LogP contribution >= 0.6 is 0 Å². The van der Waals surface area contributed by atoms with Crippen LogP contribution in [0.3, 0.4) is 0 Å². The summed E-state index contributed by atoms with van der Waals surface area (Å²) in [5.41, 5.74) is 1.44. The second kappa shape index (κ2) is 4.57. The van der Waals surface area contributed by atoms with Gasteiger partial charge in [-0.2, -0.15) is 0 Å². The van der Waals surface area contributed by atoms with Crippen molar-refractivity contribution in [2.45, 2.75) is 26.3 Å². The summed E-state index contributed by atoms with van der Waals surface area (Å²) in [4.78, 5) is 10.6. The maximum Gasteiger partial charge on any atom is 0.303 e. The molecule has 1 aromatic carbocycles. The number of aliphatic carboxylic acids is 1. The van der Waals surface area contributed by atoms with Gasteiger partial charge in [0.05, 0.1) is 11.9 Å². The molecule has 4 heteroatoms. The first-order chi connectivity index (χ1) is 8.13. The van der Waals surface area contributed by atoms with Crippen LogP contribution in [0.2, 0.25) is 0 Å². The van der Waals surface area contributed by atoms with E-state index in [0.29, 0.717) is 18.5 Å². The molecular weight excluding hydrogens is 221 g/mol. The average Bonchev–Trinajstić information content (AvgIpc) is 2.65. The first kappa shape index (κ1) is 11.6. The molecule has 0 aliphatic rings. The van der Waals surface area contributed by atoms with E-state index < -0.39 is 5.97 Å². The molecule has 0 bridgehead atoms. The molecule has 90 valence electrons. The molecule has 17 heavy (non-hydrogen) atoms. The molecule has 0 aliphatic carbocycles. The summed E-state index contributed by atoms with van der Waals surface area (Å²) in [7, 11) is 0. The van der Waals surface area contributed by atoms with E-state index in [1.165, 1.54) is 6.07 Å². The molecule has 0 spiro atoms. The molecular formula is C13H14FNO2. The Hall–Kier alpha value is -1.84. The standard InChI is InChI=1S/C13H14FNO2/c1-2-15-10(6-7-12(16)17)8-9-4-3-5-11(14)13(9)15/h3-5,8H,2,6-7H2,1H3,(H,16,17). The molecule has 2 rings (SSSR count). The fourth-order valence-electron chi connectivity index (χ4n) is 2.14. The normalized spacial score (nSPS) is 10.9. The van der Waals surface area contributed by atoms with Gasteiger partial charge < -0.3 is 9.67 Å². The molecule has 0 atom stereocenters. The quantitative estimate of drug-likeness (QED) is 0.885. The minimum atomic E-state index is -0.835. The largest absolute Gasteiger partial charge is 0.481 e. The van der Waals surface area contributed by atoms with Crippen LogP contribution in [0.4, 0.5) is 4.39 Å². The highest BCUT2D eigenvalue weighted by atomic mass is 19.1. The van der Waals surface area contributed by atoms with Gasteiger partial charge in [0, 0.05) is 17.6 Å². The second-order valence-corrected chi connectivity index (χ2v) is 3.95. The monoisotopic (exact) mass is 235 g/mol. The Kier molecular flexibility index (Phi) is 3.13. The minimum absolute atomic E-state index is 0.0674. The molecule has 0 aliphatic heterocycles. The number of hydrogen-bond acceptors (Lipinski definition) is 1. The predicted octanol–water partition coefficient (Wildman–Crippen LogP) is 2.82. The van der Waals surface area contributed by atoms with Gasteiger partial charge in [-0.1, -0.05) is 12.1 Å². The fourth-order valence-corrected chi connectivity index (χ4v) is 2.14. The molecule has 3 nitrogen and oxygen atoms in total. The van der Waals surface area contributed by atoms with Gasteiger partial charge in [0.1, 0.15) is 5.82 Å². The third-order valence-electron chi connectivity index (χ3n) is 2.87. The molecule has 0 amide bonds. The van der Waals surface area contributed by atoms with E-state index >= 15 is 0 Å². The first-order valence-electron chi connectivity index (χ1n) is 5.62. The molecule has 1 heterocycles. The summed E-state index contributed by atoms with van der Waals surface area (Å²) in [6.07, 6.45) is 0.495. The summed E-state index contributed by atoms with van der Waals surface area (Å²) in [6, 6.07) is 6.80. The average molecular weight is 235 g/mol. The van der Waals surface area contributed by atoms with E-state index in [0.717, 1.165) is 11.1 Å². The zero-order valence-electron chi connectivity index (χ0n) is 9.61. The Morgan fingerprint density at radius 1 is 1.47 bits per heavy atom. The van der Waals surface area contributed by atoms with Gasteiger partial charge in [0.15, 0.2) is 0 Å². The van der Waals surface area contributed by atoms with Gasteiger partial charge in [-0.25, -0.2) is 4.39 Å². The Morgan fingerprint density at radius 2 is 2.24 bits per heavy atom. The lowest BCUT2D eigenvalue weighted by Crippen LogP contribution is -2.04. The highest BCUT2D eigenvalue weighted by molar-refractivity contribution is 5.82. The molecule has 0 saturated carbocycles. The van der Waals surface area contributed by atoms with Gasteiger partial charge in [0.25, 0.3) is 0 Å². The number of carboxylic acid groups (broad SMARTS) is 1. The van der Waals surface area contributed by atoms with E-state index in [-0.39, 0.29) is 12.2 Å². The number of fused-ring (bicyclic) bond motifs is 1. The number of benzene rings is 1. The van der Waals surface area contributed by atoms with Gasteiger partial charge in [-0.05, 0) is 25.5 Å². The molecule has 0 saturated heterocycles. The molecule has 0 unspecified atom stereocenters. The number of aryl methyl sites for hydroxylation is 2. The van der Waals surface area contributed by atoms with Crippen molar-refractivity contribution in [3.8, 4) is 0 Å². The lowest BCUT2D eigenvalue weighted by molar-refractivity contribution is -0.136. The number of aromatic nitrogens is 1. The highest BCUT2D eigenvalue weighted by Gasteiger charge is 2.11. The Morgan fingerprint density at radius 3 is 2.88 bits per heavy atom. The third-order valence-corrected chi connectivity index (χ3v) is 2.87. The van der Waals surface area contributed by atoms with Crippen molar-refractivity contribution in [2.24, 2.45) is 0 Å². The van der Waals surface area contributed by atoms with Gasteiger partial charge in [-0.3, -0.25) is 4.79 Å². The van der Waals surface area contributed by atoms with Crippen molar-refractivity contribution in [3.05, 3.63) is 35.8 Å². The molecule has 0 fully saturated rings. The van der Waals surface area contributed by atoms with Crippen LogP contribution in [0, 0.1) is 5.82 Å². The number of rotatable bonds is 4. The van der Waals surface area contributed by atoms with Crippen molar-refractivity contribution >= 4 is 16.9 Å². The van der Waals surface area contributed by atoms with Gasteiger partial charge >= 0.3 is 5.97 Å². The minimum Gasteiger partial charge on any atom is -0.481 e.